The molecule has 0 spiro atoms. The number of carbonyl (C=O) groups excluding carboxylic acids is 2. The van der Waals surface area contributed by atoms with Gasteiger partial charge in [0.2, 0.25) is 5.91 Å². The SMILES string of the molecule is NC(=O)C[C@H](NC(=O)Nc1cccc(Cl)c1F)C(=O)O. The van der Waals surface area contributed by atoms with Crippen molar-refractivity contribution in [1.29, 1.82) is 0 Å². The van der Waals surface area contributed by atoms with Gasteiger partial charge >= 0.3 is 12.0 Å². The average Bonchev–Trinajstić information content (AvgIpc) is 2.33. The first-order valence-corrected chi connectivity index (χ1v) is 5.71. The van der Waals surface area contributed by atoms with E-state index in [0.717, 1.165) is 0 Å². The van der Waals surface area contributed by atoms with Crippen LogP contribution in [-0.2, 0) is 9.59 Å². The highest BCUT2D eigenvalue weighted by molar-refractivity contribution is 6.31. The van der Waals surface area contributed by atoms with Crippen molar-refractivity contribution in [3.8, 4) is 0 Å². The lowest BCUT2D eigenvalue weighted by Crippen LogP contribution is -2.45. The number of carboxylic acids is 1. The smallest absolute Gasteiger partial charge is 0.326 e. The Kier molecular flexibility index (Phi) is 5.27. The predicted molar refractivity (Wildman–Crippen MR) is 68.8 cm³/mol. The first-order valence-electron chi connectivity index (χ1n) is 5.34. The fraction of sp³-hybridized carbons (Fsp3) is 0.182. The minimum atomic E-state index is -1.50. The van der Waals surface area contributed by atoms with Crippen LogP contribution in [0.25, 0.3) is 0 Å². The zero-order chi connectivity index (χ0) is 15.3. The van der Waals surface area contributed by atoms with Crippen LogP contribution in [0.4, 0.5) is 14.9 Å². The van der Waals surface area contributed by atoms with Gasteiger partial charge in [-0.3, -0.25) is 4.79 Å². The van der Waals surface area contributed by atoms with Gasteiger partial charge in [-0.05, 0) is 12.1 Å². The molecule has 0 fully saturated rings. The van der Waals surface area contributed by atoms with Crippen molar-refractivity contribution in [3.63, 3.8) is 0 Å². The van der Waals surface area contributed by atoms with Crippen molar-refractivity contribution in [2.75, 3.05) is 5.32 Å². The summed E-state index contributed by atoms with van der Waals surface area (Å²) in [7, 11) is 0. The van der Waals surface area contributed by atoms with Crippen LogP contribution in [0.2, 0.25) is 5.02 Å². The number of rotatable bonds is 5. The van der Waals surface area contributed by atoms with Crippen LogP contribution < -0.4 is 16.4 Å². The summed E-state index contributed by atoms with van der Waals surface area (Å²) in [5.74, 6) is -3.19. The van der Waals surface area contributed by atoms with E-state index in [4.69, 9.17) is 22.4 Å². The van der Waals surface area contributed by atoms with Gasteiger partial charge in [-0.2, -0.15) is 0 Å². The average molecular weight is 304 g/mol. The number of nitrogens with two attached hydrogens (primary N) is 1. The van der Waals surface area contributed by atoms with Gasteiger partial charge in [0.05, 0.1) is 17.1 Å². The molecule has 0 heterocycles. The monoisotopic (exact) mass is 303 g/mol. The molecule has 0 bridgehead atoms. The maximum atomic E-state index is 13.5. The maximum Gasteiger partial charge on any atom is 0.326 e. The third-order valence-electron chi connectivity index (χ3n) is 2.21. The van der Waals surface area contributed by atoms with Gasteiger partial charge in [0.15, 0.2) is 5.82 Å². The topological polar surface area (TPSA) is 122 Å². The van der Waals surface area contributed by atoms with E-state index in [-0.39, 0.29) is 10.7 Å². The van der Waals surface area contributed by atoms with E-state index in [1.807, 2.05) is 5.32 Å². The molecule has 9 heteroatoms. The van der Waals surface area contributed by atoms with Crippen LogP contribution in [0.3, 0.4) is 0 Å². The van der Waals surface area contributed by atoms with E-state index >= 15 is 0 Å². The van der Waals surface area contributed by atoms with Gasteiger partial charge in [-0.1, -0.05) is 17.7 Å². The molecule has 0 aromatic heterocycles. The van der Waals surface area contributed by atoms with Gasteiger partial charge in [0.25, 0.3) is 0 Å². The highest BCUT2D eigenvalue weighted by atomic mass is 35.5. The molecule has 7 nitrogen and oxygen atoms in total. The van der Waals surface area contributed by atoms with Crippen LogP contribution in [0.1, 0.15) is 6.42 Å². The Morgan fingerprint density at radius 3 is 2.60 bits per heavy atom. The van der Waals surface area contributed by atoms with Crippen molar-refractivity contribution in [2.45, 2.75) is 12.5 Å². The van der Waals surface area contributed by atoms with Crippen molar-refractivity contribution in [1.82, 2.24) is 5.32 Å². The Balaban J connectivity index is 2.73. The molecule has 0 aliphatic carbocycles. The number of benzene rings is 1. The summed E-state index contributed by atoms with van der Waals surface area (Å²) < 4.78 is 13.5. The molecule has 0 saturated heterocycles. The first kappa shape index (κ1) is 15.7. The van der Waals surface area contributed by atoms with E-state index in [0.29, 0.717) is 0 Å². The zero-order valence-corrected chi connectivity index (χ0v) is 10.8. The van der Waals surface area contributed by atoms with Gasteiger partial charge in [0.1, 0.15) is 6.04 Å². The number of amides is 3. The van der Waals surface area contributed by atoms with E-state index in [1.54, 1.807) is 0 Å². The molecular formula is C11H11ClFN3O4. The lowest BCUT2D eigenvalue weighted by atomic mass is 10.2. The summed E-state index contributed by atoms with van der Waals surface area (Å²) in [6, 6.07) is 1.42. The molecule has 1 atom stereocenters. The number of carbonyl (C=O) groups is 3. The lowest BCUT2D eigenvalue weighted by molar-refractivity contribution is -0.140. The Morgan fingerprint density at radius 1 is 1.40 bits per heavy atom. The van der Waals surface area contributed by atoms with Crippen LogP contribution in [0, 0.1) is 5.82 Å². The molecular weight excluding hydrogens is 293 g/mol. The summed E-state index contributed by atoms with van der Waals surface area (Å²) in [4.78, 5) is 33.0. The number of hydrogen-bond acceptors (Lipinski definition) is 3. The predicted octanol–water partition coefficient (Wildman–Crippen LogP) is 0.929. The highest BCUT2D eigenvalue weighted by Gasteiger charge is 2.22. The fourth-order valence-corrected chi connectivity index (χ4v) is 1.49. The van der Waals surface area contributed by atoms with E-state index in [9.17, 15) is 18.8 Å². The summed E-state index contributed by atoms with van der Waals surface area (Å²) in [6.07, 6.45) is -0.583. The molecule has 3 amide bonds. The first-order chi connectivity index (χ1) is 9.31. The van der Waals surface area contributed by atoms with E-state index < -0.39 is 36.2 Å². The Morgan fingerprint density at radius 2 is 2.05 bits per heavy atom. The van der Waals surface area contributed by atoms with Crippen molar-refractivity contribution in [3.05, 3.63) is 29.0 Å². The van der Waals surface area contributed by atoms with Crippen LogP contribution in [0.15, 0.2) is 18.2 Å². The molecule has 0 saturated carbocycles. The number of anilines is 1. The minimum Gasteiger partial charge on any atom is -0.480 e. The normalized spacial score (nSPS) is 11.5. The fourth-order valence-electron chi connectivity index (χ4n) is 1.32. The Hall–Kier alpha value is -2.35. The zero-order valence-electron chi connectivity index (χ0n) is 10.0. The number of primary amides is 1. The molecule has 0 unspecified atom stereocenters. The quantitative estimate of drug-likeness (QED) is 0.646. The Bertz CT molecular complexity index is 552. The second kappa shape index (κ2) is 6.71. The van der Waals surface area contributed by atoms with Gasteiger partial charge in [0, 0.05) is 0 Å². The number of halogens is 2. The molecule has 1 aromatic rings. The third kappa shape index (κ3) is 4.39. The Labute approximate surface area is 117 Å². The number of hydrogen-bond donors (Lipinski definition) is 4. The van der Waals surface area contributed by atoms with Crippen molar-refractivity contribution >= 4 is 35.2 Å². The van der Waals surface area contributed by atoms with E-state index in [2.05, 4.69) is 5.32 Å². The van der Waals surface area contributed by atoms with Crippen LogP contribution in [0.5, 0.6) is 0 Å². The second-order valence-electron chi connectivity index (χ2n) is 3.76. The lowest BCUT2D eigenvalue weighted by Gasteiger charge is -2.14. The van der Waals surface area contributed by atoms with Crippen LogP contribution >= 0.6 is 11.6 Å². The summed E-state index contributed by atoms with van der Waals surface area (Å²) >= 11 is 5.52. The summed E-state index contributed by atoms with van der Waals surface area (Å²) in [5.41, 5.74) is 4.63. The second-order valence-corrected chi connectivity index (χ2v) is 4.17. The third-order valence-corrected chi connectivity index (χ3v) is 2.50. The summed E-state index contributed by atoms with van der Waals surface area (Å²) in [6.45, 7) is 0. The molecule has 0 aliphatic heterocycles. The molecule has 0 aliphatic rings. The molecule has 108 valence electrons. The number of carboxylic acid groups (broad SMARTS) is 1. The van der Waals surface area contributed by atoms with Crippen molar-refractivity contribution < 1.29 is 23.9 Å². The number of aliphatic carboxylic acids is 1. The van der Waals surface area contributed by atoms with Gasteiger partial charge in [-0.25, -0.2) is 14.0 Å². The van der Waals surface area contributed by atoms with E-state index in [1.165, 1.54) is 18.2 Å². The largest absolute Gasteiger partial charge is 0.480 e. The molecule has 5 N–H and O–H groups in total. The molecule has 0 radical (unpaired) electrons. The minimum absolute atomic E-state index is 0.199. The van der Waals surface area contributed by atoms with Crippen molar-refractivity contribution in [2.24, 2.45) is 5.73 Å². The molecule has 20 heavy (non-hydrogen) atoms. The van der Waals surface area contributed by atoms with Gasteiger partial charge < -0.3 is 21.5 Å². The number of nitrogens with one attached hydrogen (secondary N) is 2. The molecule has 1 rings (SSSR count). The number of urea groups is 1. The van der Waals surface area contributed by atoms with Crippen LogP contribution in [-0.4, -0.2) is 29.1 Å². The maximum absolute atomic E-state index is 13.5. The molecule has 1 aromatic carbocycles. The van der Waals surface area contributed by atoms with Gasteiger partial charge in [-0.15, -0.1) is 0 Å². The highest BCUT2D eigenvalue weighted by Crippen LogP contribution is 2.21. The summed E-state index contributed by atoms with van der Waals surface area (Å²) in [5, 5.41) is 12.7. The standard InChI is InChI=1S/C11H11ClFN3O4/c12-5-2-1-3-6(9(5)13)15-11(20)16-7(10(18)19)4-8(14)17/h1-3,7H,4H2,(H2,14,17)(H,18,19)(H2,15,16,20)/t7-/m0/s1.